The van der Waals surface area contributed by atoms with Gasteiger partial charge < -0.3 is 43.9 Å². The molecule has 366 valence electrons. The molecule has 3 aliphatic heterocycles. The molecule has 0 aromatic carbocycles. The number of piperidine rings is 1. The number of methoxy groups -OCH3 is 3. The van der Waals surface area contributed by atoms with Crippen LogP contribution in [0.4, 0.5) is 0 Å². The number of esters is 1. The molecule has 4 aliphatic rings. The summed E-state index contributed by atoms with van der Waals surface area (Å²) in [6.45, 7) is 12.7. The zero-order chi connectivity index (χ0) is 48.2. The molecule has 2 bridgehead atoms. The van der Waals surface area contributed by atoms with E-state index in [2.05, 4.69) is 0 Å². The second kappa shape index (κ2) is 27.7. The Morgan fingerprint density at radius 1 is 0.879 bits per heavy atom. The largest absolute Gasteiger partial charge is 1.00 e. The fourth-order valence-corrected chi connectivity index (χ4v) is 10.1. The summed E-state index contributed by atoms with van der Waals surface area (Å²) in [6, 6.07) is -1.15. The average molecular weight is 999 g/mol. The van der Waals surface area contributed by atoms with Crippen molar-refractivity contribution in [2.75, 3.05) is 27.9 Å². The minimum absolute atomic E-state index is 0. The van der Waals surface area contributed by atoms with Gasteiger partial charge in [0.15, 0.2) is 5.78 Å². The van der Waals surface area contributed by atoms with Gasteiger partial charge in [0.1, 0.15) is 30.1 Å². The van der Waals surface area contributed by atoms with Gasteiger partial charge in [0.25, 0.3) is 11.7 Å². The topological polar surface area (TPSA) is 198 Å². The number of ketones is 3. The zero-order valence-corrected chi connectivity index (χ0v) is 46.5. The van der Waals surface area contributed by atoms with Gasteiger partial charge in [-0.2, -0.15) is 0 Å². The Morgan fingerprint density at radius 2 is 1.59 bits per heavy atom. The van der Waals surface area contributed by atoms with Crippen LogP contribution in [0.3, 0.4) is 0 Å². The number of hydrogen-bond donors (Lipinski definition) is 2. The van der Waals surface area contributed by atoms with Gasteiger partial charge in [0.2, 0.25) is 5.79 Å². The smallest absolute Gasteiger partial charge is 0.850 e. The molecule has 0 spiro atoms. The Labute approximate surface area is 442 Å². The van der Waals surface area contributed by atoms with Crippen LogP contribution in [-0.4, -0.2) is 127 Å². The van der Waals surface area contributed by atoms with E-state index in [1.807, 2.05) is 58.1 Å². The minimum Gasteiger partial charge on any atom is -0.850 e. The maximum atomic E-state index is 14.4. The van der Waals surface area contributed by atoms with Crippen molar-refractivity contribution in [2.45, 2.75) is 180 Å². The third-order valence-corrected chi connectivity index (χ3v) is 14.5. The van der Waals surface area contributed by atoms with E-state index in [1.165, 1.54) is 19.1 Å². The third kappa shape index (κ3) is 15.7. The molecule has 66 heavy (non-hydrogen) atoms. The van der Waals surface area contributed by atoms with E-state index in [-0.39, 0.29) is 107 Å². The fourth-order valence-electron chi connectivity index (χ4n) is 10.1. The standard InChI is InChI=1S/C51H78NO13.Rb/c1-30-16-12-11-13-17-31(2)42(61-8)28-38-21-19-36(7)51(60,65-38)48(57)49(58)52-23-15-14-18-39(52)50(59)64-43(33(4)26-37-20-22-40(53)44(27-37)62-9)29-41(54)32(3)25-35(6)46(56)47(63-10)45(55)34(5)24-30;/h11-13,16-17,25,30,32-34,36-40,42-44,46-47,56,60H,14-15,18-24,26-29H2,1-10H3;/q-1;+1/b13-11+,16-12+,31-17+,35-25+;/t30-,32-,33-,34-,36-,37+,38+,39+,40-,42+,43+,44-,46-,47+,51-;/m1./s1. The van der Waals surface area contributed by atoms with Gasteiger partial charge in [-0.1, -0.05) is 90.0 Å². The third-order valence-electron chi connectivity index (χ3n) is 14.5. The van der Waals surface area contributed by atoms with Gasteiger partial charge in [0, 0.05) is 64.6 Å². The van der Waals surface area contributed by atoms with E-state index >= 15 is 0 Å². The van der Waals surface area contributed by atoms with Crippen LogP contribution in [0.25, 0.3) is 0 Å². The van der Waals surface area contributed by atoms with Crippen molar-refractivity contribution < 1.29 is 121 Å². The van der Waals surface area contributed by atoms with Crippen molar-refractivity contribution in [3.63, 3.8) is 0 Å². The number of hydrogen-bond acceptors (Lipinski definition) is 13. The molecule has 0 aromatic rings. The summed E-state index contributed by atoms with van der Waals surface area (Å²) in [5, 5.41) is 35.9. The van der Waals surface area contributed by atoms with Crippen LogP contribution >= 0.6 is 0 Å². The maximum Gasteiger partial charge on any atom is 1.00 e. The number of fused-ring (bicyclic) bond motifs is 3. The number of amides is 1. The molecule has 2 saturated heterocycles. The van der Waals surface area contributed by atoms with Crippen LogP contribution in [0.5, 0.6) is 0 Å². The van der Waals surface area contributed by atoms with Crippen molar-refractivity contribution in [1.82, 2.24) is 4.90 Å². The number of allylic oxidation sites excluding steroid dienone is 6. The first-order valence-corrected chi connectivity index (χ1v) is 23.9. The summed E-state index contributed by atoms with van der Waals surface area (Å²) >= 11 is 0. The van der Waals surface area contributed by atoms with Crippen LogP contribution in [0.2, 0.25) is 0 Å². The molecule has 15 atom stereocenters. The first-order valence-electron chi connectivity index (χ1n) is 23.9. The van der Waals surface area contributed by atoms with Crippen LogP contribution in [0.15, 0.2) is 47.6 Å². The Kier molecular flexibility index (Phi) is 24.7. The number of carbonyl (C=O) groups excluding carboxylic acids is 5. The molecule has 1 amide bonds. The number of rotatable bonds is 6. The van der Waals surface area contributed by atoms with Gasteiger partial charge in [-0.3, -0.25) is 19.2 Å². The fraction of sp³-hybridized carbons (Fsp3) is 0.745. The summed E-state index contributed by atoms with van der Waals surface area (Å²) in [6.07, 6.45) is 10.5. The summed E-state index contributed by atoms with van der Waals surface area (Å²) < 4.78 is 29.3. The number of carbonyl (C=O) groups is 5. The predicted molar refractivity (Wildman–Crippen MR) is 243 cm³/mol. The molecule has 2 N–H and O–H groups in total. The number of cyclic esters (lactones) is 1. The van der Waals surface area contributed by atoms with Crippen molar-refractivity contribution in [1.29, 1.82) is 0 Å². The summed E-state index contributed by atoms with van der Waals surface area (Å²) in [5.74, 6) is -8.08. The molecular weight excluding hydrogens is 920 g/mol. The van der Waals surface area contributed by atoms with Crippen LogP contribution in [-0.2, 0) is 47.7 Å². The molecule has 0 unspecified atom stereocenters. The van der Waals surface area contributed by atoms with Gasteiger partial charge >= 0.3 is 64.2 Å². The van der Waals surface area contributed by atoms with E-state index in [9.17, 15) is 39.3 Å². The Bertz CT molecular complexity index is 1760. The summed E-state index contributed by atoms with van der Waals surface area (Å²) in [5.41, 5.74) is 1.26. The van der Waals surface area contributed by atoms with Crippen LogP contribution in [0, 0.1) is 35.5 Å². The maximum absolute atomic E-state index is 14.4. The first-order chi connectivity index (χ1) is 30.7. The molecular formula is C51H78NO13Rb. The van der Waals surface area contributed by atoms with Crippen LogP contribution < -0.4 is 63.3 Å². The minimum atomic E-state index is -2.43. The summed E-state index contributed by atoms with van der Waals surface area (Å²) in [4.78, 5) is 71.7. The number of nitrogens with zero attached hydrogens (tertiary/aromatic N) is 1. The van der Waals surface area contributed by atoms with Crippen molar-refractivity contribution in [3.05, 3.63) is 47.6 Å². The predicted octanol–water partition coefficient (Wildman–Crippen LogP) is 2.55. The van der Waals surface area contributed by atoms with Crippen molar-refractivity contribution in [3.8, 4) is 0 Å². The van der Waals surface area contributed by atoms with E-state index < -0.39 is 90.0 Å². The molecule has 1 aliphatic carbocycles. The number of aliphatic hydroxyl groups excluding tert-OH is 1. The van der Waals surface area contributed by atoms with Crippen molar-refractivity contribution in [2.24, 2.45) is 35.5 Å². The molecule has 0 radical (unpaired) electrons. The number of Topliss-reactive ketones (excluding diaryl/α,β-unsaturated/α-hetero) is 3. The number of ether oxygens (including phenoxy) is 5. The van der Waals surface area contributed by atoms with Crippen LogP contribution in [0.1, 0.15) is 126 Å². The quantitative estimate of drug-likeness (QED) is 0.224. The molecule has 14 nitrogen and oxygen atoms in total. The molecule has 0 aromatic heterocycles. The normalized spacial score (nSPS) is 39.8. The Morgan fingerprint density at radius 3 is 2.26 bits per heavy atom. The van der Waals surface area contributed by atoms with E-state index in [1.54, 1.807) is 34.0 Å². The monoisotopic (exact) mass is 997 g/mol. The Balaban J connectivity index is 0.0000116. The van der Waals surface area contributed by atoms with Gasteiger partial charge in [0.05, 0.1) is 12.2 Å². The SMILES string of the molecule is CO[C@H]1C[C@@H]2CC[C@@H](C)[C@@](O)(O2)C(=O)C(=O)N2CCCC[C@H]2C(=O)O[C@H]([C@H](C)C[C@@H]2CC[C@@H]([O-])[C@H](OC)C2)CC(=O)[C@H](C)/C=C(\C)[C@@H](O)[C@@H](OC)C(=O)[C@H](C)C[C@H](C)/C=C/C=C/C=C/1C.[Rb+]. The average Bonchev–Trinajstić information content (AvgIpc) is 3.28. The molecule has 3 fully saturated rings. The number of aliphatic hydroxyl groups is 2. The van der Waals surface area contributed by atoms with Gasteiger partial charge in [-0.05, 0) is 94.1 Å². The van der Waals surface area contributed by atoms with Gasteiger partial charge in [-0.25, -0.2) is 4.79 Å². The second-order valence-electron chi connectivity index (χ2n) is 19.6. The first kappa shape index (κ1) is 58.7. The van der Waals surface area contributed by atoms with Crippen molar-refractivity contribution >= 4 is 29.2 Å². The zero-order valence-electron chi connectivity index (χ0n) is 41.6. The van der Waals surface area contributed by atoms with E-state index in [0.29, 0.717) is 69.8 Å². The van der Waals surface area contributed by atoms with E-state index in [4.69, 9.17) is 23.7 Å². The van der Waals surface area contributed by atoms with E-state index in [0.717, 1.165) is 5.57 Å². The molecule has 15 heteroatoms. The molecule has 1 saturated carbocycles. The summed E-state index contributed by atoms with van der Waals surface area (Å²) in [7, 11) is 4.47. The van der Waals surface area contributed by atoms with Gasteiger partial charge in [-0.15, -0.1) is 0 Å². The molecule has 4 rings (SSSR count). The Hall–Kier alpha value is -1.56. The second-order valence-corrected chi connectivity index (χ2v) is 19.6. The molecule has 3 heterocycles.